The number of hydrogen-bond acceptors (Lipinski definition) is 3. The smallest absolute Gasteiger partial charge is 0.320 e. The van der Waals surface area contributed by atoms with Gasteiger partial charge in [0, 0.05) is 50.0 Å². The molecule has 2 amide bonds. The van der Waals surface area contributed by atoms with Crippen LogP contribution in [0.1, 0.15) is 56.6 Å². The van der Waals surface area contributed by atoms with Crippen molar-refractivity contribution in [3.63, 3.8) is 0 Å². The van der Waals surface area contributed by atoms with E-state index in [4.69, 9.17) is 0 Å². The van der Waals surface area contributed by atoms with Gasteiger partial charge in [-0.25, -0.2) is 13.6 Å². The molecule has 2 aromatic carbocycles. The Morgan fingerprint density at radius 1 is 0.976 bits per heavy atom. The summed E-state index contributed by atoms with van der Waals surface area (Å²) in [6.45, 7) is 2.35. The average Bonchev–Trinajstić information content (AvgIpc) is 3.48. The molecule has 3 heterocycles. The standard InChI is InChI=1S/C34H40F2N4O2/c1-37-28-13-18-40(31(21-28)29-20-27(35)9-10-30(29)36)33(42)39-17-12-26(34(23-39)14-5-6-15-34)22-38-16-11-25(19-32(38)41)24-7-3-2-4-8-24/h2-4,7-11,16,19-20,26,28,31,37H,5-6,12-15,17-18,21-23H2,1H3/t26-,28+,31-/m0/s1. The minimum Gasteiger partial charge on any atom is -0.324 e. The maximum Gasteiger partial charge on any atom is 0.320 e. The van der Waals surface area contributed by atoms with Crippen molar-refractivity contribution in [3.05, 3.63) is 94.4 Å². The zero-order chi connectivity index (χ0) is 29.3. The number of amides is 2. The fourth-order valence-electron chi connectivity index (χ4n) is 7.71. The van der Waals surface area contributed by atoms with Gasteiger partial charge in [-0.3, -0.25) is 4.79 Å². The van der Waals surface area contributed by atoms with Gasteiger partial charge in [-0.05, 0) is 85.9 Å². The van der Waals surface area contributed by atoms with Crippen LogP contribution in [-0.2, 0) is 6.54 Å². The van der Waals surface area contributed by atoms with Crippen molar-refractivity contribution >= 4 is 6.03 Å². The second-order valence-corrected chi connectivity index (χ2v) is 12.4. The molecule has 2 aliphatic heterocycles. The van der Waals surface area contributed by atoms with Crippen LogP contribution >= 0.6 is 0 Å². The molecule has 0 bridgehead atoms. The lowest BCUT2D eigenvalue weighted by atomic mass is 9.69. The van der Waals surface area contributed by atoms with Crippen molar-refractivity contribution in [1.82, 2.24) is 19.7 Å². The maximum atomic E-state index is 15.0. The highest BCUT2D eigenvalue weighted by Crippen LogP contribution is 2.49. The molecule has 1 aliphatic carbocycles. The molecule has 1 N–H and O–H groups in total. The first-order valence-corrected chi connectivity index (χ1v) is 15.3. The molecule has 3 aromatic rings. The van der Waals surface area contributed by atoms with Crippen LogP contribution in [0.25, 0.3) is 11.1 Å². The van der Waals surface area contributed by atoms with E-state index in [2.05, 4.69) is 5.32 Å². The minimum atomic E-state index is -0.529. The van der Waals surface area contributed by atoms with Crippen LogP contribution in [0, 0.1) is 23.0 Å². The van der Waals surface area contributed by atoms with Gasteiger partial charge in [0.15, 0.2) is 0 Å². The third-order valence-electron chi connectivity index (χ3n) is 10.1. The summed E-state index contributed by atoms with van der Waals surface area (Å²) in [4.78, 5) is 31.0. The number of aromatic nitrogens is 1. The van der Waals surface area contributed by atoms with Crippen molar-refractivity contribution in [2.24, 2.45) is 11.3 Å². The van der Waals surface area contributed by atoms with Crippen LogP contribution in [0.5, 0.6) is 0 Å². The SMILES string of the molecule is CN[C@@H]1CCN(C(=O)N2CC[C@@H](Cn3ccc(-c4ccccc4)cc3=O)C3(CCCC3)C2)[C@H](c2cc(F)ccc2F)C1. The molecule has 8 heteroatoms. The van der Waals surface area contributed by atoms with Gasteiger partial charge >= 0.3 is 6.03 Å². The Balaban J connectivity index is 1.21. The number of benzene rings is 2. The number of halogens is 2. The third-order valence-corrected chi connectivity index (χ3v) is 10.1. The highest BCUT2D eigenvalue weighted by molar-refractivity contribution is 5.75. The summed E-state index contributed by atoms with van der Waals surface area (Å²) in [7, 11) is 1.87. The Morgan fingerprint density at radius 2 is 1.76 bits per heavy atom. The van der Waals surface area contributed by atoms with Crippen molar-refractivity contribution in [2.75, 3.05) is 26.7 Å². The Bertz CT molecular complexity index is 1470. The summed E-state index contributed by atoms with van der Waals surface area (Å²) in [5.41, 5.74) is 2.13. The second kappa shape index (κ2) is 12.0. The quantitative estimate of drug-likeness (QED) is 0.394. The Morgan fingerprint density at radius 3 is 2.50 bits per heavy atom. The van der Waals surface area contributed by atoms with Gasteiger partial charge in [0.05, 0.1) is 6.04 Å². The summed E-state index contributed by atoms with van der Waals surface area (Å²) in [5.74, 6) is -0.690. The molecule has 0 unspecified atom stereocenters. The van der Waals surface area contributed by atoms with Gasteiger partial charge in [-0.2, -0.15) is 0 Å². The lowest BCUT2D eigenvalue weighted by Gasteiger charge is -2.49. The molecule has 1 spiro atoms. The van der Waals surface area contributed by atoms with E-state index in [0.717, 1.165) is 61.8 Å². The predicted octanol–water partition coefficient (Wildman–Crippen LogP) is 6.22. The predicted molar refractivity (Wildman–Crippen MR) is 160 cm³/mol. The Hall–Kier alpha value is -3.52. The molecule has 3 atom stereocenters. The van der Waals surface area contributed by atoms with Crippen molar-refractivity contribution in [1.29, 1.82) is 0 Å². The molecule has 6 rings (SSSR count). The van der Waals surface area contributed by atoms with Gasteiger partial charge in [-0.15, -0.1) is 0 Å². The number of piperidine rings is 2. The minimum absolute atomic E-state index is 0.00428. The number of carbonyl (C=O) groups excluding carboxylic acids is 1. The van der Waals surface area contributed by atoms with E-state index in [-0.39, 0.29) is 34.5 Å². The molecule has 1 saturated carbocycles. The number of nitrogens with one attached hydrogen (secondary N) is 1. The summed E-state index contributed by atoms with van der Waals surface area (Å²) in [6, 6.07) is 16.7. The first kappa shape index (κ1) is 28.6. The molecule has 3 fully saturated rings. The summed E-state index contributed by atoms with van der Waals surface area (Å²) >= 11 is 0. The zero-order valence-electron chi connectivity index (χ0n) is 24.3. The van der Waals surface area contributed by atoms with E-state index in [1.54, 1.807) is 11.0 Å². The first-order valence-electron chi connectivity index (χ1n) is 15.3. The van der Waals surface area contributed by atoms with E-state index in [1.807, 2.05) is 59.1 Å². The third kappa shape index (κ3) is 5.61. The summed E-state index contributed by atoms with van der Waals surface area (Å²) in [5, 5.41) is 3.27. The van der Waals surface area contributed by atoms with Crippen molar-refractivity contribution < 1.29 is 13.6 Å². The molecular formula is C34H40F2N4O2. The number of hydrogen-bond donors (Lipinski definition) is 1. The van der Waals surface area contributed by atoms with Crippen molar-refractivity contribution in [3.8, 4) is 11.1 Å². The van der Waals surface area contributed by atoms with Gasteiger partial charge in [0.1, 0.15) is 11.6 Å². The second-order valence-electron chi connectivity index (χ2n) is 12.4. The molecule has 0 radical (unpaired) electrons. The molecule has 2 saturated heterocycles. The lowest BCUT2D eigenvalue weighted by molar-refractivity contribution is 0.0206. The number of rotatable bonds is 5. The number of likely N-dealkylation sites (tertiary alicyclic amines) is 2. The summed E-state index contributed by atoms with van der Waals surface area (Å²) < 4.78 is 31.0. The molecule has 6 nitrogen and oxygen atoms in total. The van der Waals surface area contributed by atoms with E-state index in [9.17, 15) is 18.4 Å². The van der Waals surface area contributed by atoms with Gasteiger partial charge in [-0.1, -0.05) is 43.2 Å². The lowest BCUT2D eigenvalue weighted by Crippen LogP contribution is -2.57. The van der Waals surface area contributed by atoms with E-state index >= 15 is 0 Å². The van der Waals surface area contributed by atoms with Crippen LogP contribution in [0.3, 0.4) is 0 Å². The van der Waals surface area contributed by atoms with Crippen LogP contribution < -0.4 is 10.9 Å². The first-order chi connectivity index (χ1) is 20.4. The van der Waals surface area contributed by atoms with Crippen LogP contribution in [0.2, 0.25) is 0 Å². The van der Waals surface area contributed by atoms with E-state index in [0.29, 0.717) is 32.6 Å². The Kier molecular flexibility index (Phi) is 8.17. The Labute approximate surface area is 246 Å². The number of carbonyl (C=O) groups is 1. The summed E-state index contributed by atoms with van der Waals surface area (Å²) in [6.07, 6.45) is 8.31. The average molecular weight is 575 g/mol. The molecular weight excluding hydrogens is 534 g/mol. The molecule has 3 aliphatic rings. The van der Waals surface area contributed by atoms with Gasteiger partial charge in [0.2, 0.25) is 0 Å². The number of pyridine rings is 1. The normalized spacial score (nSPS) is 23.8. The molecule has 1 aromatic heterocycles. The van der Waals surface area contributed by atoms with Gasteiger partial charge in [0.25, 0.3) is 5.56 Å². The highest BCUT2D eigenvalue weighted by Gasteiger charge is 2.47. The van der Waals surface area contributed by atoms with E-state index < -0.39 is 17.7 Å². The highest BCUT2D eigenvalue weighted by atomic mass is 19.1. The molecule has 42 heavy (non-hydrogen) atoms. The van der Waals surface area contributed by atoms with Gasteiger partial charge < -0.3 is 19.7 Å². The van der Waals surface area contributed by atoms with Crippen LogP contribution in [0.15, 0.2) is 71.7 Å². The number of urea groups is 1. The largest absolute Gasteiger partial charge is 0.324 e. The fraction of sp³-hybridized carbons (Fsp3) is 0.471. The molecule has 222 valence electrons. The van der Waals surface area contributed by atoms with Crippen LogP contribution in [-0.4, -0.2) is 53.1 Å². The zero-order valence-corrected chi connectivity index (χ0v) is 24.3. The van der Waals surface area contributed by atoms with E-state index in [1.165, 1.54) is 6.07 Å². The maximum absolute atomic E-state index is 15.0. The van der Waals surface area contributed by atoms with Crippen molar-refractivity contribution in [2.45, 2.75) is 63.6 Å². The number of nitrogens with zero attached hydrogens (tertiary/aromatic N) is 3. The fourth-order valence-corrected chi connectivity index (χ4v) is 7.71. The topological polar surface area (TPSA) is 57.6 Å². The monoisotopic (exact) mass is 574 g/mol. The van der Waals surface area contributed by atoms with Crippen LogP contribution in [0.4, 0.5) is 13.6 Å².